The number of rotatable bonds is 4. The number of nitrogens with zero attached hydrogens (tertiary/aromatic N) is 1. The van der Waals surface area contributed by atoms with Gasteiger partial charge in [0.1, 0.15) is 11.9 Å². The van der Waals surface area contributed by atoms with Crippen LogP contribution in [-0.2, 0) is 0 Å². The van der Waals surface area contributed by atoms with E-state index in [1.165, 1.54) is 0 Å². The summed E-state index contributed by atoms with van der Waals surface area (Å²) in [4.78, 5) is 4.08. The molecule has 1 aromatic heterocycles. The van der Waals surface area contributed by atoms with Crippen LogP contribution in [0.4, 0.5) is 0 Å². The minimum Gasteiger partial charge on any atom is -0.492 e. The highest BCUT2D eigenvalue weighted by molar-refractivity contribution is 5.26. The predicted octanol–water partition coefficient (Wildman–Crippen LogP) is 2.60. The standard InChI is InChI=1S/C15H23NO3/c1-2-19-13-9-12(10-16-11-13)14(17)15(18)7-5-3-4-6-8-15/h9-11,14,17-18H,2-8H2,1H3. The summed E-state index contributed by atoms with van der Waals surface area (Å²) in [6.45, 7) is 2.47. The number of hydrogen-bond acceptors (Lipinski definition) is 4. The van der Waals surface area contributed by atoms with Crippen molar-refractivity contribution in [1.82, 2.24) is 4.98 Å². The van der Waals surface area contributed by atoms with E-state index in [1.807, 2.05) is 6.92 Å². The molecule has 1 aliphatic carbocycles. The molecule has 1 atom stereocenters. The lowest BCUT2D eigenvalue weighted by atomic mass is 9.85. The van der Waals surface area contributed by atoms with Crippen molar-refractivity contribution in [3.05, 3.63) is 24.0 Å². The summed E-state index contributed by atoms with van der Waals surface area (Å²) in [5, 5.41) is 21.2. The Balaban J connectivity index is 2.17. The first-order valence-electron chi connectivity index (χ1n) is 7.14. The Labute approximate surface area is 114 Å². The van der Waals surface area contributed by atoms with Gasteiger partial charge in [0, 0.05) is 11.8 Å². The fourth-order valence-corrected chi connectivity index (χ4v) is 2.76. The van der Waals surface area contributed by atoms with Gasteiger partial charge in [0.15, 0.2) is 0 Å². The Hall–Kier alpha value is -1.13. The van der Waals surface area contributed by atoms with E-state index in [1.54, 1.807) is 18.5 Å². The molecule has 1 aliphatic rings. The molecule has 4 nitrogen and oxygen atoms in total. The van der Waals surface area contributed by atoms with Gasteiger partial charge in [-0.05, 0) is 25.8 Å². The lowest BCUT2D eigenvalue weighted by molar-refractivity contribution is -0.0869. The molecule has 0 aliphatic heterocycles. The summed E-state index contributed by atoms with van der Waals surface area (Å²) >= 11 is 0. The minimum atomic E-state index is -1.02. The molecular weight excluding hydrogens is 242 g/mol. The SMILES string of the molecule is CCOc1cncc(C(O)C2(O)CCCCCC2)c1. The Bertz CT molecular complexity index is 400. The zero-order valence-corrected chi connectivity index (χ0v) is 11.5. The van der Waals surface area contributed by atoms with Gasteiger partial charge >= 0.3 is 0 Å². The fraction of sp³-hybridized carbons (Fsp3) is 0.667. The van der Waals surface area contributed by atoms with E-state index in [9.17, 15) is 10.2 Å². The first kappa shape index (κ1) is 14.3. The van der Waals surface area contributed by atoms with Crippen LogP contribution >= 0.6 is 0 Å². The molecule has 0 saturated heterocycles. The highest BCUT2D eigenvalue weighted by Crippen LogP contribution is 2.37. The second-order valence-electron chi connectivity index (χ2n) is 5.31. The van der Waals surface area contributed by atoms with E-state index in [0.29, 0.717) is 30.8 Å². The normalized spacial score (nSPS) is 20.6. The summed E-state index contributed by atoms with van der Waals surface area (Å²) in [6.07, 6.45) is 7.82. The fourth-order valence-electron chi connectivity index (χ4n) is 2.76. The van der Waals surface area contributed by atoms with Crippen molar-refractivity contribution in [2.75, 3.05) is 6.61 Å². The van der Waals surface area contributed by atoms with Gasteiger partial charge < -0.3 is 14.9 Å². The Morgan fingerprint density at radius 2 is 1.95 bits per heavy atom. The largest absolute Gasteiger partial charge is 0.492 e. The Kier molecular flexibility index (Phi) is 4.77. The van der Waals surface area contributed by atoms with E-state index in [-0.39, 0.29) is 0 Å². The smallest absolute Gasteiger partial charge is 0.137 e. The summed E-state index contributed by atoms with van der Waals surface area (Å²) in [5.74, 6) is 0.635. The maximum Gasteiger partial charge on any atom is 0.137 e. The van der Waals surface area contributed by atoms with Gasteiger partial charge in [-0.1, -0.05) is 25.7 Å². The monoisotopic (exact) mass is 265 g/mol. The third-order valence-electron chi connectivity index (χ3n) is 3.84. The topological polar surface area (TPSA) is 62.6 Å². The molecular formula is C15H23NO3. The van der Waals surface area contributed by atoms with Crippen LogP contribution < -0.4 is 4.74 Å². The molecule has 1 saturated carbocycles. The molecule has 0 spiro atoms. The minimum absolute atomic E-state index is 0.561. The molecule has 4 heteroatoms. The van der Waals surface area contributed by atoms with E-state index in [2.05, 4.69) is 4.98 Å². The van der Waals surface area contributed by atoms with Crippen LogP contribution in [0.25, 0.3) is 0 Å². The van der Waals surface area contributed by atoms with Crippen LogP contribution in [0.15, 0.2) is 18.5 Å². The molecule has 1 aromatic rings. The predicted molar refractivity (Wildman–Crippen MR) is 73.0 cm³/mol. The Morgan fingerprint density at radius 3 is 2.58 bits per heavy atom. The van der Waals surface area contributed by atoms with E-state index >= 15 is 0 Å². The second-order valence-corrected chi connectivity index (χ2v) is 5.31. The van der Waals surface area contributed by atoms with E-state index < -0.39 is 11.7 Å². The summed E-state index contributed by atoms with van der Waals surface area (Å²) in [7, 11) is 0. The van der Waals surface area contributed by atoms with Gasteiger partial charge in [0.05, 0.1) is 18.4 Å². The van der Waals surface area contributed by atoms with Crippen LogP contribution in [0.3, 0.4) is 0 Å². The number of ether oxygens (including phenoxy) is 1. The third-order valence-corrected chi connectivity index (χ3v) is 3.84. The van der Waals surface area contributed by atoms with Gasteiger partial charge in [-0.3, -0.25) is 4.98 Å². The molecule has 1 unspecified atom stereocenters. The number of aromatic nitrogens is 1. The summed E-state index contributed by atoms with van der Waals surface area (Å²) < 4.78 is 5.39. The zero-order chi connectivity index (χ0) is 13.7. The molecule has 0 radical (unpaired) electrons. The molecule has 0 bridgehead atoms. The molecule has 2 rings (SSSR count). The maximum absolute atomic E-state index is 10.7. The molecule has 1 fully saturated rings. The molecule has 1 heterocycles. The van der Waals surface area contributed by atoms with Gasteiger partial charge in [-0.15, -0.1) is 0 Å². The van der Waals surface area contributed by atoms with Gasteiger partial charge in [-0.2, -0.15) is 0 Å². The highest BCUT2D eigenvalue weighted by atomic mass is 16.5. The van der Waals surface area contributed by atoms with Crippen LogP contribution in [0.5, 0.6) is 5.75 Å². The molecule has 106 valence electrons. The number of pyridine rings is 1. The number of hydrogen-bond donors (Lipinski definition) is 2. The van der Waals surface area contributed by atoms with Gasteiger partial charge in [0.2, 0.25) is 0 Å². The average molecular weight is 265 g/mol. The lowest BCUT2D eigenvalue weighted by Crippen LogP contribution is -2.35. The quantitative estimate of drug-likeness (QED) is 0.821. The van der Waals surface area contributed by atoms with Crippen LogP contribution in [0, 0.1) is 0 Å². The second kappa shape index (κ2) is 6.35. The summed E-state index contributed by atoms with van der Waals surface area (Å²) in [5.41, 5.74) is -0.390. The average Bonchev–Trinajstić information content (AvgIpc) is 2.64. The van der Waals surface area contributed by atoms with E-state index in [0.717, 1.165) is 25.7 Å². The summed E-state index contributed by atoms with van der Waals surface area (Å²) in [6, 6.07) is 1.77. The van der Waals surface area contributed by atoms with Crippen molar-refractivity contribution < 1.29 is 14.9 Å². The van der Waals surface area contributed by atoms with E-state index in [4.69, 9.17) is 4.74 Å². The molecule has 0 amide bonds. The van der Waals surface area contributed by atoms with Crippen molar-refractivity contribution >= 4 is 0 Å². The Morgan fingerprint density at radius 1 is 1.26 bits per heavy atom. The maximum atomic E-state index is 10.7. The third kappa shape index (κ3) is 3.45. The van der Waals surface area contributed by atoms with Crippen molar-refractivity contribution in [2.45, 2.75) is 57.2 Å². The van der Waals surface area contributed by atoms with Crippen LogP contribution in [0.1, 0.15) is 57.1 Å². The van der Waals surface area contributed by atoms with Crippen molar-refractivity contribution in [1.29, 1.82) is 0 Å². The van der Waals surface area contributed by atoms with Gasteiger partial charge in [0.25, 0.3) is 0 Å². The van der Waals surface area contributed by atoms with Gasteiger partial charge in [-0.25, -0.2) is 0 Å². The van der Waals surface area contributed by atoms with Crippen LogP contribution in [0.2, 0.25) is 0 Å². The zero-order valence-electron chi connectivity index (χ0n) is 11.5. The number of aliphatic hydroxyl groups excluding tert-OH is 1. The molecule has 0 aromatic carbocycles. The molecule has 19 heavy (non-hydrogen) atoms. The number of aliphatic hydroxyl groups is 2. The van der Waals surface area contributed by atoms with Crippen molar-refractivity contribution in [3.63, 3.8) is 0 Å². The first-order chi connectivity index (χ1) is 9.15. The lowest BCUT2D eigenvalue weighted by Gasteiger charge is -2.32. The first-order valence-corrected chi connectivity index (χ1v) is 7.14. The van der Waals surface area contributed by atoms with Crippen LogP contribution in [-0.4, -0.2) is 27.4 Å². The van der Waals surface area contributed by atoms with Crippen molar-refractivity contribution in [3.8, 4) is 5.75 Å². The molecule has 2 N–H and O–H groups in total. The highest BCUT2D eigenvalue weighted by Gasteiger charge is 2.37. The van der Waals surface area contributed by atoms with Crippen molar-refractivity contribution in [2.24, 2.45) is 0 Å².